The van der Waals surface area contributed by atoms with Crippen molar-refractivity contribution in [3.8, 4) is 11.5 Å². The van der Waals surface area contributed by atoms with E-state index in [4.69, 9.17) is 18.9 Å². The number of amides is 1. The number of aliphatic carboxylic acids is 1. The maximum atomic E-state index is 13.5. The van der Waals surface area contributed by atoms with Crippen molar-refractivity contribution in [1.29, 1.82) is 0 Å². The Balaban J connectivity index is 1.56. The van der Waals surface area contributed by atoms with E-state index in [2.05, 4.69) is 18.7 Å². The highest BCUT2D eigenvalue weighted by Crippen LogP contribution is 2.43. The quantitative estimate of drug-likeness (QED) is 0.391. The molecule has 1 aromatic rings. The van der Waals surface area contributed by atoms with Crippen LogP contribution < -0.4 is 9.47 Å². The van der Waals surface area contributed by atoms with Gasteiger partial charge in [-0.1, -0.05) is 32.8 Å². The fourth-order valence-electron chi connectivity index (χ4n) is 5.68. The number of benzene rings is 1. The number of hydrogen-bond acceptors (Lipinski definition) is 7. The van der Waals surface area contributed by atoms with Crippen molar-refractivity contribution >= 4 is 11.9 Å². The number of nitrogens with zero attached hydrogens (tertiary/aromatic N) is 2. The summed E-state index contributed by atoms with van der Waals surface area (Å²) in [6.45, 7) is 10.3. The summed E-state index contributed by atoms with van der Waals surface area (Å²) in [6.07, 6.45) is 4.60. The number of likely N-dealkylation sites (tertiary alicyclic amines) is 1. The standard InChI is InChI=1S/C29H42N2O7/c1-5-7-13-30(14-8-6-2)26(32)17-31-16-22(21-9-11-24-25(15-21)36-18-35-24)28(29(33)34)23(31)10-12-27-37-19(3)20(4)38-27/h9,11,15,22-23,27-28H,5-8,10,12-14,16-18H2,1-4H3,(H,33,34)/t22-,23+,28-/m0/s1. The molecule has 4 rings (SSSR count). The zero-order valence-electron chi connectivity index (χ0n) is 23.1. The van der Waals surface area contributed by atoms with Crippen molar-refractivity contribution in [1.82, 2.24) is 9.80 Å². The van der Waals surface area contributed by atoms with E-state index in [1.807, 2.05) is 36.9 Å². The normalized spacial score (nSPS) is 23.0. The minimum absolute atomic E-state index is 0.0640. The molecule has 38 heavy (non-hydrogen) atoms. The number of carboxylic acids is 1. The Morgan fingerprint density at radius 2 is 1.66 bits per heavy atom. The van der Waals surface area contributed by atoms with Crippen LogP contribution in [0.4, 0.5) is 0 Å². The summed E-state index contributed by atoms with van der Waals surface area (Å²) in [5.41, 5.74) is 0.886. The third-order valence-electron chi connectivity index (χ3n) is 7.92. The van der Waals surface area contributed by atoms with E-state index in [0.29, 0.717) is 30.9 Å². The SMILES string of the molecule is CCCCN(CCCC)C(=O)CN1C[C@@H](c2ccc3c(c2)OCO3)[C@H](C(=O)O)[C@H]1CCC1OC(C)=C(C)O1. The van der Waals surface area contributed by atoms with Gasteiger partial charge >= 0.3 is 5.97 Å². The minimum Gasteiger partial charge on any atom is -0.481 e. The number of allylic oxidation sites excluding steroid dienone is 2. The second kappa shape index (κ2) is 12.7. The highest BCUT2D eigenvalue weighted by atomic mass is 16.7. The molecule has 0 radical (unpaired) electrons. The van der Waals surface area contributed by atoms with E-state index in [9.17, 15) is 14.7 Å². The first-order chi connectivity index (χ1) is 18.3. The highest BCUT2D eigenvalue weighted by molar-refractivity contribution is 5.79. The van der Waals surface area contributed by atoms with Crippen molar-refractivity contribution in [3.05, 3.63) is 35.3 Å². The number of hydrogen-bond donors (Lipinski definition) is 1. The monoisotopic (exact) mass is 530 g/mol. The van der Waals surface area contributed by atoms with Crippen LogP contribution in [0.1, 0.15) is 77.7 Å². The molecule has 1 amide bonds. The topological polar surface area (TPSA) is 97.8 Å². The van der Waals surface area contributed by atoms with Crippen molar-refractivity contribution in [3.63, 3.8) is 0 Å². The molecular formula is C29H42N2O7. The average molecular weight is 531 g/mol. The Labute approximate surface area is 225 Å². The van der Waals surface area contributed by atoms with Crippen LogP contribution in [0.15, 0.2) is 29.7 Å². The number of carboxylic acid groups (broad SMARTS) is 1. The summed E-state index contributed by atoms with van der Waals surface area (Å²) in [7, 11) is 0. The molecule has 0 bridgehead atoms. The lowest BCUT2D eigenvalue weighted by atomic mass is 9.83. The highest BCUT2D eigenvalue weighted by Gasteiger charge is 2.47. The molecule has 0 saturated carbocycles. The molecule has 0 spiro atoms. The number of unbranched alkanes of at least 4 members (excludes halogenated alkanes) is 2. The number of ether oxygens (including phenoxy) is 4. The second-order valence-corrected chi connectivity index (χ2v) is 10.5. The van der Waals surface area contributed by atoms with Crippen LogP contribution >= 0.6 is 0 Å². The van der Waals surface area contributed by atoms with Crippen molar-refractivity contribution in [2.45, 2.75) is 84.5 Å². The number of carbonyl (C=O) groups excluding carboxylic acids is 1. The van der Waals surface area contributed by atoms with Gasteiger partial charge in [-0.15, -0.1) is 0 Å². The van der Waals surface area contributed by atoms with Crippen LogP contribution in [0, 0.1) is 5.92 Å². The third-order valence-corrected chi connectivity index (χ3v) is 7.92. The fraction of sp³-hybridized carbons (Fsp3) is 0.655. The van der Waals surface area contributed by atoms with Gasteiger partial charge in [0.2, 0.25) is 19.0 Å². The van der Waals surface area contributed by atoms with E-state index in [1.54, 1.807) is 0 Å². The van der Waals surface area contributed by atoms with Gasteiger partial charge in [-0.05, 0) is 50.8 Å². The van der Waals surface area contributed by atoms with E-state index < -0.39 is 18.2 Å². The average Bonchev–Trinajstić information content (AvgIpc) is 3.59. The van der Waals surface area contributed by atoms with Crippen LogP contribution in [0.2, 0.25) is 0 Å². The summed E-state index contributed by atoms with van der Waals surface area (Å²) in [6, 6.07) is 5.32. The van der Waals surface area contributed by atoms with Gasteiger partial charge in [-0.3, -0.25) is 14.5 Å². The van der Waals surface area contributed by atoms with E-state index in [-0.39, 0.29) is 31.2 Å². The lowest BCUT2D eigenvalue weighted by Gasteiger charge is -2.30. The summed E-state index contributed by atoms with van der Waals surface area (Å²) in [4.78, 5) is 30.3. The van der Waals surface area contributed by atoms with Gasteiger partial charge in [0.25, 0.3) is 0 Å². The van der Waals surface area contributed by atoms with Crippen LogP contribution in [0.25, 0.3) is 0 Å². The van der Waals surface area contributed by atoms with Gasteiger partial charge in [0.05, 0.1) is 12.5 Å². The first-order valence-corrected chi connectivity index (χ1v) is 14.0. The minimum atomic E-state index is -0.861. The molecule has 9 nitrogen and oxygen atoms in total. The lowest BCUT2D eigenvalue weighted by molar-refractivity contribution is -0.144. The Morgan fingerprint density at radius 1 is 1.00 bits per heavy atom. The van der Waals surface area contributed by atoms with Crippen molar-refractivity contribution < 1.29 is 33.6 Å². The van der Waals surface area contributed by atoms with Crippen molar-refractivity contribution in [2.75, 3.05) is 33.0 Å². The van der Waals surface area contributed by atoms with Crippen LogP contribution in [0.5, 0.6) is 11.5 Å². The first kappa shape index (κ1) is 28.1. The Bertz CT molecular complexity index is 1000. The number of fused-ring (bicyclic) bond motifs is 1. The molecule has 1 N–H and O–H groups in total. The predicted molar refractivity (Wildman–Crippen MR) is 142 cm³/mol. The van der Waals surface area contributed by atoms with Crippen LogP contribution in [0.3, 0.4) is 0 Å². The molecule has 9 heteroatoms. The summed E-state index contributed by atoms with van der Waals surface area (Å²) in [5.74, 6) is 1.04. The fourth-order valence-corrected chi connectivity index (χ4v) is 5.68. The molecule has 3 aliphatic heterocycles. The van der Waals surface area contributed by atoms with Crippen LogP contribution in [-0.2, 0) is 19.1 Å². The molecule has 3 atom stereocenters. The zero-order valence-corrected chi connectivity index (χ0v) is 23.1. The smallest absolute Gasteiger partial charge is 0.308 e. The van der Waals surface area contributed by atoms with Gasteiger partial charge in [-0.2, -0.15) is 0 Å². The maximum absolute atomic E-state index is 13.5. The second-order valence-electron chi connectivity index (χ2n) is 10.5. The molecule has 1 fully saturated rings. The lowest BCUT2D eigenvalue weighted by Crippen LogP contribution is -2.45. The van der Waals surface area contributed by atoms with E-state index in [1.165, 1.54) is 0 Å². The molecule has 0 aliphatic carbocycles. The zero-order chi connectivity index (χ0) is 27.2. The Morgan fingerprint density at radius 3 is 2.29 bits per heavy atom. The van der Waals surface area contributed by atoms with Crippen LogP contribution in [-0.4, -0.2) is 72.1 Å². The Hall–Kier alpha value is -2.94. The van der Waals surface area contributed by atoms with Crippen molar-refractivity contribution in [2.24, 2.45) is 5.92 Å². The molecule has 1 aromatic carbocycles. The van der Waals surface area contributed by atoms with Gasteiger partial charge in [-0.25, -0.2) is 0 Å². The predicted octanol–water partition coefficient (Wildman–Crippen LogP) is 4.72. The first-order valence-electron chi connectivity index (χ1n) is 14.0. The Kier molecular flexibility index (Phi) is 9.41. The van der Waals surface area contributed by atoms with E-state index in [0.717, 1.165) is 55.9 Å². The van der Waals surface area contributed by atoms with Gasteiger partial charge < -0.3 is 29.0 Å². The number of rotatable bonds is 13. The number of carbonyl (C=O) groups is 2. The molecule has 1 saturated heterocycles. The summed E-state index contributed by atoms with van der Waals surface area (Å²) < 4.78 is 22.7. The van der Waals surface area contributed by atoms with Gasteiger partial charge in [0, 0.05) is 38.0 Å². The molecule has 0 unspecified atom stereocenters. The maximum Gasteiger partial charge on any atom is 0.308 e. The third kappa shape index (κ3) is 6.37. The molecule has 210 valence electrons. The molecule has 3 aliphatic rings. The molecule has 0 aromatic heterocycles. The molecular weight excluding hydrogens is 488 g/mol. The summed E-state index contributed by atoms with van der Waals surface area (Å²) >= 11 is 0. The summed E-state index contributed by atoms with van der Waals surface area (Å²) in [5, 5.41) is 10.4. The largest absolute Gasteiger partial charge is 0.481 e. The molecule has 3 heterocycles. The van der Waals surface area contributed by atoms with Gasteiger partial charge in [0.1, 0.15) is 11.5 Å². The van der Waals surface area contributed by atoms with E-state index >= 15 is 0 Å². The van der Waals surface area contributed by atoms with Gasteiger partial charge in [0.15, 0.2) is 11.5 Å².